The maximum Gasteiger partial charge on any atom is 0.361 e. The van der Waals surface area contributed by atoms with E-state index in [1.54, 1.807) is 0 Å². The number of nitrogens with zero attached hydrogens (tertiary/aromatic N) is 1. The first-order valence-corrected chi connectivity index (χ1v) is 7.49. The predicted molar refractivity (Wildman–Crippen MR) is 77.5 cm³/mol. The fourth-order valence-electron chi connectivity index (χ4n) is 1.62. The van der Waals surface area contributed by atoms with Crippen LogP contribution >= 0.6 is 27.7 Å². The molecule has 0 aliphatic heterocycles. The van der Waals surface area contributed by atoms with Gasteiger partial charge in [0.15, 0.2) is 5.09 Å². The number of oxazole rings is 1. The third-order valence-electron chi connectivity index (χ3n) is 2.66. The number of methoxy groups -OCH3 is 1. The Morgan fingerprint density at radius 2 is 2.21 bits per heavy atom. The molecule has 0 N–H and O–H groups in total. The molecule has 1 heterocycles. The molecule has 6 heteroatoms. The van der Waals surface area contributed by atoms with Gasteiger partial charge in [-0.1, -0.05) is 33.8 Å². The maximum atomic E-state index is 11.6. The fraction of sp³-hybridized carbons (Fsp3) is 0.231. The number of hydrogen-bond acceptors (Lipinski definition) is 5. The van der Waals surface area contributed by atoms with Gasteiger partial charge in [0.25, 0.3) is 0 Å². The van der Waals surface area contributed by atoms with Crippen molar-refractivity contribution in [3.05, 3.63) is 33.9 Å². The molecule has 0 fully saturated rings. The average molecular weight is 342 g/mol. The van der Waals surface area contributed by atoms with Crippen LogP contribution in [0.25, 0.3) is 11.5 Å². The van der Waals surface area contributed by atoms with Crippen molar-refractivity contribution in [2.75, 3.05) is 13.4 Å². The Kier molecular flexibility index (Phi) is 4.31. The van der Waals surface area contributed by atoms with Crippen LogP contribution in [0.4, 0.5) is 0 Å². The molecule has 4 nitrogen and oxygen atoms in total. The first kappa shape index (κ1) is 14.1. The number of benzene rings is 1. The zero-order valence-corrected chi connectivity index (χ0v) is 13.1. The van der Waals surface area contributed by atoms with Gasteiger partial charge >= 0.3 is 5.97 Å². The summed E-state index contributed by atoms with van der Waals surface area (Å²) in [6.45, 7) is 1.96. The van der Waals surface area contributed by atoms with Crippen LogP contribution in [-0.2, 0) is 4.74 Å². The van der Waals surface area contributed by atoms with Gasteiger partial charge in [0.2, 0.25) is 11.6 Å². The third-order valence-corrected chi connectivity index (χ3v) is 4.16. The van der Waals surface area contributed by atoms with Gasteiger partial charge in [0.05, 0.1) is 7.11 Å². The van der Waals surface area contributed by atoms with Crippen LogP contribution in [-0.4, -0.2) is 24.3 Å². The highest BCUT2D eigenvalue weighted by Crippen LogP contribution is 2.32. The minimum absolute atomic E-state index is 0.212. The van der Waals surface area contributed by atoms with Crippen molar-refractivity contribution >= 4 is 33.7 Å². The van der Waals surface area contributed by atoms with Gasteiger partial charge in [-0.05, 0) is 30.9 Å². The summed E-state index contributed by atoms with van der Waals surface area (Å²) in [6, 6.07) is 5.74. The van der Waals surface area contributed by atoms with Crippen molar-refractivity contribution in [1.82, 2.24) is 4.98 Å². The molecule has 19 heavy (non-hydrogen) atoms. The van der Waals surface area contributed by atoms with E-state index in [-0.39, 0.29) is 5.69 Å². The average Bonchev–Trinajstić information content (AvgIpc) is 2.85. The van der Waals surface area contributed by atoms with E-state index in [1.165, 1.54) is 18.9 Å². The number of ether oxygens (including phenoxy) is 1. The fourth-order valence-corrected chi connectivity index (χ4v) is 2.48. The van der Waals surface area contributed by atoms with Crippen LogP contribution in [0.15, 0.2) is 32.2 Å². The second-order valence-electron chi connectivity index (χ2n) is 3.76. The molecule has 0 aliphatic carbocycles. The molecule has 2 aromatic rings. The van der Waals surface area contributed by atoms with Crippen molar-refractivity contribution in [2.24, 2.45) is 0 Å². The molecule has 0 spiro atoms. The smallest absolute Gasteiger partial charge is 0.361 e. The lowest BCUT2D eigenvalue weighted by molar-refractivity contribution is 0.0588. The Hall–Kier alpha value is -1.27. The third kappa shape index (κ3) is 2.69. The number of carbonyl (C=O) groups is 1. The molecule has 0 saturated carbocycles. The highest BCUT2D eigenvalue weighted by atomic mass is 79.9. The van der Waals surface area contributed by atoms with E-state index in [1.807, 2.05) is 31.4 Å². The topological polar surface area (TPSA) is 52.3 Å². The van der Waals surface area contributed by atoms with E-state index in [4.69, 9.17) is 9.15 Å². The summed E-state index contributed by atoms with van der Waals surface area (Å²) in [7, 11) is 1.32. The SMILES string of the molecule is COC(=O)c1nc(-c2cccc(Br)c2C)oc1SC. The van der Waals surface area contributed by atoms with Gasteiger partial charge in [-0.25, -0.2) is 9.78 Å². The van der Waals surface area contributed by atoms with Crippen LogP contribution in [0.1, 0.15) is 16.1 Å². The monoisotopic (exact) mass is 341 g/mol. The summed E-state index contributed by atoms with van der Waals surface area (Å²) >= 11 is 4.79. The summed E-state index contributed by atoms with van der Waals surface area (Å²) in [5, 5.41) is 0.459. The molecule has 1 aromatic carbocycles. The maximum absolute atomic E-state index is 11.6. The molecule has 0 saturated heterocycles. The van der Waals surface area contributed by atoms with Crippen LogP contribution in [0, 0.1) is 6.92 Å². The van der Waals surface area contributed by atoms with E-state index >= 15 is 0 Å². The summed E-state index contributed by atoms with van der Waals surface area (Å²) in [5.41, 5.74) is 2.07. The molecule has 0 atom stereocenters. The summed E-state index contributed by atoms with van der Waals surface area (Å²) in [6.07, 6.45) is 1.82. The van der Waals surface area contributed by atoms with Gasteiger partial charge in [0.1, 0.15) is 0 Å². The Morgan fingerprint density at radius 3 is 2.84 bits per heavy atom. The van der Waals surface area contributed by atoms with E-state index in [0.717, 1.165) is 15.6 Å². The minimum Gasteiger partial charge on any atom is -0.464 e. The highest BCUT2D eigenvalue weighted by molar-refractivity contribution is 9.10. The number of esters is 1. The Balaban J connectivity index is 2.55. The number of thioether (sulfide) groups is 1. The lowest BCUT2D eigenvalue weighted by atomic mass is 10.1. The Bertz CT molecular complexity index is 624. The molecule has 0 radical (unpaired) electrons. The minimum atomic E-state index is -0.494. The first-order valence-electron chi connectivity index (χ1n) is 5.47. The normalized spacial score (nSPS) is 10.5. The summed E-state index contributed by atoms with van der Waals surface area (Å²) in [5.74, 6) is -0.0736. The molecule has 0 unspecified atom stereocenters. The van der Waals surface area contributed by atoms with Crippen LogP contribution in [0.3, 0.4) is 0 Å². The van der Waals surface area contributed by atoms with Crippen molar-refractivity contribution < 1.29 is 13.9 Å². The van der Waals surface area contributed by atoms with Gasteiger partial charge in [0, 0.05) is 10.0 Å². The zero-order valence-electron chi connectivity index (χ0n) is 10.7. The van der Waals surface area contributed by atoms with Crippen LogP contribution < -0.4 is 0 Å². The number of aromatic nitrogens is 1. The number of halogens is 1. The van der Waals surface area contributed by atoms with Crippen molar-refractivity contribution in [3.8, 4) is 11.5 Å². The second kappa shape index (κ2) is 5.79. The molecular weight excluding hydrogens is 330 g/mol. The van der Waals surface area contributed by atoms with Gasteiger partial charge < -0.3 is 9.15 Å². The molecular formula is C13H12BrNO3S. The van der Waals surface area contributed by atoms with Crippen LogP contribution in [0.2, 0.25) is 0 Å². The van der Waals surface area contributed by atoms with E-state index in [9.17, 15) is 4.79 Å². The largest absolute Gasteiger partial charge is 0.464 e. The second-order valence-corrected chi connectivity index (χ2v) is 5.40. The van der Waals surface area contributed by atoms with Crippen molar-refractivity contribution in [1.29, 1.82) is 0 Å². The summed E-state index contributed by atoms with van der Waals surface area (Å²) in [4.78, 5) is 15.9. The predicted octanol–water partition coefficient (Wildman–Crippen LogP) is 3.92. The Morgan fingerprint density at radius 1 is 1.47 bits per heavy atom. The molecule has 0 bridgehead atoms. The number of hydrogen-bond donors (Lipinski definition) is 0. The lowest BCUT2D eigenvalue weighted by Gasteiger charge is -2.02. The van der Waals surface area contributed by atoms with Gasteiger partial charge in [-0.15, -0.1) is 0 Å². The van der Waals surface area contributed by atoms with Gasteiger partial charge in [-0.3, -0.25) is 0 Å². The van der Waals surface area contributed by atoms with Crippen LogP contribution in [0.5, 0.6) is 0 Å². The quantitative estimate of drug-likeness (QED) is 0.625. The zero-order chi connectivity index (χ0) is 14.0. The molecule has 2 rings (SSSR count). The number of carbonyl (C=O) groups excluding carboxylic acids is 1. The van der Waals surface area contributed by atoms with E-state index in [2.05, 4.69) is 20.9 Å². The molecule has 0 amide bonds. The van der Waals surface area contributed by atoms with E-state index in [0.29, 0.717) is 11.0 Å². The van der Waals surface area contributed by atoms with E-state index < -0.39 is 5.97 Å². The first-order chi connectivity index (χ1) is 9.08. The molecule has 100 valence electrons. The standard InChI is InChI=1S/C13H12BrNO3S/c1-7-8(5-4-6-9(7)14)11-15-10(12(16)17-2)13(18-11)19-3/h4-6H,1-3H3. The Labute approximate surface area is 123 Å². The van der Waals surface area contributed by atoms with Crippen molar-refractivity contribution in [2.45, 2.75) is 12.0 Å². The lowest BCUT2D eigenvalue weighted by Crippen LogP contribution is -2.02. The van der Waals surface area contributed by atoms with Gasteiger partial charge in [-0.2, -0.15) is 0 Å². The molecule has 1 aromatic heterocycles. The summed E-state index contributed by atoms with van der Waals surface area (Å²) < 4.78 is 11.3. The highest BCUT2D eigenvalue weighted by Gasteiger charge is 2.21. The van der Waals surface area contributed by atoms with Crippen molar-refractivity contribution in [3.63, 3.8) is 0 Å². The molecule has 0 aliphatic rings. The number of rotatable bonds is 3.